The lowest BCUT2D eigenvalue weighted by Crippen LogP contribution is -2.23. The van der Waals surface area contributed by atoms with Crippen molar-refractivity contribution in [2.75, 3.05) is 6.26 Å². The molecule has 0 saturated heterocycles. The van der Waals surface area contributed by atoms with E-state index >= 15 is 0 Å². The van der Waals surface area contributed by atoms with Crippen LogP contribution in [0.2, 0.25) is 0 Å². The first-order valence-corrected chi connectivity index (χ1v) is 8.05. The molecule has 1 amide bonds. The maximum atomic E-state index is 12.2. The van der Waals surface area contributed by atoms with Gasteiger partial charge in [-0.2, -0.15) is 0 Å². The Hall–Kier alpha value is -1.85. The number of hydrogen-bond donors (Lipinski definition) is 2. The predicted octanol–water partition coefficient (Wildman–Crippen LogP) is 2.97. The fourth-order valence-corrected chi connectivity index (χ4v) is 2.63. The van der Waals surface area contributed by atoms with Crippen LogP contribution in [0.1, 0.15) is 21.5 Å². The van der Waals surface area contributed by atoms with Crippen molar-refractivity contribution in [1.29, 1.82) is 0 Å². The van der Waals surface area contributed by atoms with E-state index in [9.17, 15) is 4.79 Å². The maximum Gasteiger partial charge on any atom is 0.252 e. The summed E-state index contributed by atoms with van der Waals surface area (Å²) in [5, 5.41) is 2.92. The van der Waals surface area contributed by atoms with E-state index in [-0.39, 0.29) is 5.91 Å². The van der Waals surface area contributed by atoms with Crippen molar-refractivity contribution in [3.05, 3.63) is 65.2 Å². The molecule has 0 atom stereocenters. The van der Waals surface area contributed by atoms with Crippen LogP contribution in [0, 0.1) is 0 Å². The van der Waals surface area contributed by atoms with E-state index in [1.54, 1.807) is 11.8 Å². The van der Waals surface area contributed by atoms with Gasteiger partial charge in [-0.15, -0.1) is 11.8 Å². The van der Waals surface area contributed by atoms with Gasteiger partial charge in [0.1, 0.15) is 4.99 Å². The highest BCUT2D eigenvalue weighted by molar-refractivity contribution is 7.98. The van der Waals surface area contributed by atoms with Crippen LogP contribution >= 0.6 is 24.0 Å². The molecule has 0 fully saturated rings. The molecule has 0 aliphatic heterocycles. The minimum Gasteiger partial charge on any atom is -0.389 e. The van der Waals surface area contributed by atoms with Crippen LogP contribution in [0.3, 0.4) is 0 Å². The SMILES string of the molecule is CSc1ccccc1C(=O)NCc1ccc(C(N)=S)cc1. The molecule has 3 N–H and O–H groups in total. The summed E-state index contributed by atoms with van der Waals surface area (Å²) in [6.07, 6.45) is 1.96. The van der Waals surface area contributed by atoms with E-state index in [0.717, 1.165) is 16.0 Å². The van der Waals surface area contributed by atoms with Crippen molar-refractivity contribution in [2.45, 2.75) is 11.4 Å². The van der Waals surface area contributed by atoms with Gasteiger partial charge < -0.3 is 11.1 Å². The molecule has 0 radical (unpaired) electrons. The molecular weight excluding hydrogens is 300 g/mol. The van der Waals surface area contributed by atoms with Gasteiger partial charge in [-0.05, 0) is 24.0 Å². The number of thiocarbonyl (C=S) groups is 1. The second-order valence-electron chi connectivity index (χ2n) is 4.44. The minimum absolute atomic E-state index is 0.0710. The zero-order chi connectivity index (χ0) is 15.2. The molecule has 0 unspecified atom stereocenters. The Kier molecular flexibility index (Phi) is 5.36. The third-order valence-corrected chi connectivity index (χ3v) is 4.07. The first kappa shape index (κ1) is 15.5. The molecule has 2 rings (SSSR count). The van der Waals surface area contributed by atoms with E-state index in [0.29, 0.717) is 17.1 Å². The molecule has 0 spiro atoms. The Bertz CT molecular complexity index is 654. The lowest BCUT2D eigenvalue weighted by atomic mass is 10.1. The number of thioether (sulfide) groups is 1. The van der Waals surface area contributed by atoms with E-state index in [4.69, 9.17) is 18.0 Å². The summed E-state index contributed by atoms with van der Waals surface area (Å²) in [6, 6.07) is 15.1. The maximum absolute atomic E-state index is 12.2. The average Bonchev–Trinajstić information content (AvgIpc) is 2.52. The Morgan fingerprint density at radius 3 is 2.48 bits per heavy atom. The van der Waals surface area contributed by atoms with E-state index in [1.165, 1.54) is 0 Å². The second kappa shape index (κ2) is 7.24. The fraction of sp³-hybridized carbons (Fsp3) is 0.125. The van der Waals surface area contributed by atoms with Gasteiger partial charge in [0.2, 0.25) is 0 Å². The van der Waals surface area contributed by atoms with Crippen LogP contribution in [-0.4, -0.2) is 17.2 Å². The van der Waals surface area contributed by atoms with Gasteiger partial charge in [-0.1, -0.05) is 48.6 Å². The summed E-state index contributed by atoms with van der Waals surface area (Å²) in [5.74, 6) is -0.0710. The topological polar surface area (TPSA) is 55.1 Å². The van der Waals surface area contributed by atoms with Crippen LogP contribution < -0.4 is 11.1 Å². The summed E-state index contributed by atoms with van der Waals surface area (Å²) in [6.45, 7) is 0.471. The van der Waals surface area contributed by atoms with Gasteiger partial charge in [0.05, 0.1) is 5.56 Å². The van der Waals surface area contributed by atoms with Gasteiger partial charge in [0.25, 0.3) is 5.91 Å². The molecule has 0 aliphatic carbocycles. The average molecular weight is 316 g/mol. The Morgan fingerprint density at radius 1 is 1.19 bits per heavy atom. The Balaban J connectivity index is 2.02. The van der Waals surface area contributed by atoms with E-state index < -0.39 is 0 Å². The van der Waals surface area contributed by atoms with Crippen molar-refractivity contribution in [3.8, 4) is 0 Å². The molecule has 5 heteroatoms. The molecule has 3 nitrogen and oxygen atoms in total. The van der Waals surface area contributed by atoms with Crippen LogP contribution in [0.4, 0.5) is 0 Å². The highest BCUT2D eigenvalue weighted by atomic mass is 32.2. The number of carbonyl (C=O) groups excluding carboxylic acids is 1. The van der Waals surface area contributed by atoms with Gasteiger partial charge in [-0.25, -0.2) is 0 Å². The number of amides is 1. The third-order valence-electron chi connectivity index (χ3n) is 3.04. The molecule has 0 saturated carbocycles. The zero-order valence-corrected chi connectivity index (χ0v) is 13.3. The largest absolute Gasteiger partial charge is 0.389 e. The second-order valence-corrected chi connectivity index (χ2v) is 5.73. The van der Waals surface area contributed by atoms with Gasteiger partial charge >= 0.3 is 0 Å². The zero-order valence-electron chi connectivity index (χ0n) is 11.6. The normalized spacial score (nSPS) is 10.1. The fourth-order valence-electron chi connectivity index (χ4n) is 1.90. The molecule has 2 aromatic rings. The van der Waals surface area contributed by atoms with Crippen molar-refractivity contribution in [3.63, 3.8) is 0 Å². The van der Waals surface area contributed by atoms with Crippen molar-refractivity contribution < 1.29 is 4.79 Å². The molecule has 0 aliphatic rings. The number of nitrogens with one attached hydrogen (secondary N) is 1. The predicted molar refractivity (Wildman–Crippen MR) is 91.7 cm³/mol. The third kappa shape index (κ3) is 4.06. The first-order chi connectivity index (χ1) is 10.1. The lowest BCUT2D eigenvalue weighted by molar-refractivity contribution is 0.0948. The summed E-state index contributed by atoms with van der Waals surface area (Å²) in [4.78, 5) is 13.6. The summed E-state index contributed by atoms with van der Waals surface area (Å²) < 4.78 is 0. The van der Waals surface area contributed by atoms with Crippen molar-refractivity contribution in [2.24, 2.45) is 5.73 Å². The number of rotatable bonds is 5. The molecule has 0 aromatic heterocycles. The molecule has 0 heterocycles. The van der Waals surface area contributed by atoms with Gasteiger partial charge in [-0.3, -0.25) is 4.79 Å². The smallest absolute Gasteiger partial charge is 0.252 e. The van der Waals surface area contributed by atoms with Crippen LogP contribution in [0.15, 0.2) is 53.4 Å². The molecule has 21 heavy (non-hydrogen) atoms. The monoisotopic (exact) mass is 316 g/mol. The quantitative estimate of drug-likeness (QED) is 0.658. The van der Waals surface area contributed by atoms with Crippen LogP contribution in [0.5, 0.6) is 0 Å². The van der Waals surface area contributed by atoms with E-state index in [1.807, 2.05) is 54.8 Å². The minimum atomic E-state index is -0.0710. The number of carbonyl (C=O) groups is 1. The van der Waals surface area contributed by atoms with E-state index in [2.05, 4.69) is 5.32 Å². The first-order valence-electron chi connectivity index (χ1n) is 6.42. The van der Waals surface area contributed by atoms with Crippen LogP contribution in [0.25, 0.3) is 0 Å². The highest BCUT2D eigenvalue weighted by Crippen LogP contribution is 2.19. The molecule has 108 valence electrons. The van der Waals surface area contributed by atoms with Gasteiger partial charge in [0.15, 0.2) is 0 Å². The Morgan fingerprint density at radius 2 is 1.86 bits per heavy atom. The van der Waals surface area contributed by atoms with Gasteiger partial charge in [0, 0.05) is 17.0 Å². The highest BCUT2D eigenvalue weighted by Gasteiger charge is 2.09. The van der Waals surface area contributed by atoms with Crippen LogP contribution in [-0.2, 0) is 6.54 Å². The number of nitrogens with two attached hydrogens (primary N) is 1. The van der Waals surface area contributed by atoms with Crippen molar-refractivity contribution >= 4 is 34.9 Å². The Labute approximate surface area is 133 Å². The standard InChI is InChI=1S/C16H16N2OS2/c1-21-14-5-3-2-4-13(14)16(19)18-10-11-6-8-12(9-7-11)15(17)20/h2-9H,10H2,1H3,(H2,17,20)(H,18,19). The summed E-state index contributed by atoms with van der Waals surface area (Å²) in [5.41, 5.74) is 8.08. The lowest BCUT2D eigenvalue weighted by Gasteiger charge is -2.09. The molecule has 2 aromatic carbocycles. The van der Waals surface area contributed by atoms with Crippen molar-refractivity contribution in [1.82, 2.24) is 5.32 Å². The summed E-state index contributed by atoms with van der Waals surface area (Å²) in [7, 11) is 0. The molecule has 0 bridgehead atoms. The number of hydrogen-bond acceptors (Lipinski definition) is 3. The number of benzene rings is 2. The summed E-state index contributed by atoms with van der Waals surface area (Å²) >= 11 is 6.47. The molecular formula is C16H16N2OS2.